The highest BCUT2D eigenvalue weighted by atomic mass is 16.7. The number of nitrogens with zero attached hydrogens (tertiary/aromatic N) is 1. The SMILES string of the molecule is COc1ccc(-c2ccc3c(NCCCNCc4cccc5c4OCO5)ccnc3c2)cc1. The van der Waals surface area contributed by atoms with Crippen LogP contribution in [0.4, 0.5) is 5.69 Å². The van der Waals surface area contributed by atoms with Crippen LogP contribution in [0.15, 0.2) is 72.9 Å². The van der Waals surface area contributed by atoms with Crippen molar-refractivity contribution < 1.29 is 14.2 Å². The van der Waals surface area contributed by atoms with Crippen LogP contribution in [0, 0.1) is 0 Å². The Kier molecular flexibility index (Phi) is 6.26. The van der Waals surface area contributed by atoms with Gasteiger partial charge in [-0.15, -0.1) is 0 Å². The van der Waals surface area contributed by atoms with E-state index in [1.165, 1.54) is 0 Å². The molecule has 0 unspecified atom stereocenters. The number of fused-ring (bicyclic) bond motifs is 2. The fourth-order valence-corrected chi connectivity index (χ4v) is 4.05. The van der Waals surface area contributed by atoms with Gasteiger partial charge in [0, 0.05) is 35.9 Å². The molecule has 0 aliphatic carbocycles. The van der Waals surface area contributed by atoms with E-state index in [1.807, 2.05) is 36.5 Å². The Morgan fingerprint density at radius 3 is 2.70 bits per heavy atom. The summed E-state index contributed by atoms with van der Waals surface area (Å²) in [4.78, 5) is 4.58. The van der Waals surface area contributed by atoms with Gasteiger partial charge in [0.05, 0.1) is 12.6 Å². The third kappa shape index (κ3) is 4.71. The van der Waals surface area contributed by atoms with E-state index in [4.69, 9.17) is 14.2 Å². The van der Waals surface area contributed by atoms with Gasteiger partial charge in [0.2, 0.25) is 6.79 Å². The molecule has 0 saturated heterocycles. The van der Waals surface area contributed by atoms with E-state index in [1.54, 1.807) is 7.11 Å². The van der Waals surface area contributed by atoms with E-state index in [0.717, 1.165) is 76.6 Å². The number of hydrogen-bond acceptors (Lipinski definition) is 6. The number of para-hydroxylation sites is 1. The summed E-state index contributed by atoms with van der Waals surface area (Å²) >= 11 is 0. The molecule has 5 rings (SSSR count). The van der Waals surface area contributed by atoms with Gasteiger partial charge in [0.1, 0.15) is 5.75 Å². The Morgan fingerprint density at radius 1 is 0.939 bits per heavy atom. The zero-order valence-corrected chi connectivity index (χ0v) is 18.6. The normalized spacial score (nSPS) is 12.2. The van der Waals surface area contributed by atoms with E-state index >= 15 is 0 Å². The van der Waals surface area contributed by atoms with Crippen LogP contribution in [0.25, 0.3) is 22.0 Å². The number of ether oxygens (including phenoxy) is 3. The number of hydrogen-bond donors (Lipinski definition) is 2. The van der Waals surface area contributed by atoms with Gasteiger partial charge >= 0.3 is 0 Å². The van der Waals surface area contributed by atoms with Crippen LogP contribution in [0.1, 0.15) is 12.0 Å². The van der Waals surface area contributed by atoms with Crippen LogP contribution in [-0.4, -0.2) is 32.0 Å². The molecule has 33 heavy (non-hydrogen) atoms. The second kappa shape index (κ2) is 9.79. The van der Waals surface area contributed by atoms with E-state index in [-0.39, 0.29) is 0 Å². The van der Waals surface area contributed by atoms with Crippen molar-refractivity contribution in [3.63, 3.8) is 0 Å². The summed E-state index contributed by atoms with van der Waals surface area (Å²) in [7, 11) is 1.68. The number of methoxy groups -OCH3 is 1. The molecule has 6 nitrogen and oxygen atoms in total. The highest BCUT2D eigenvalue weighted by Crippen LogP contribution is 2.35. The molecule has 3 aromatic carbocycles. The number of anilines is 1. The van der Waals surface area contributed by atoms with Crippen LogP contribution < -0.4 is 24.8 Å². The minimum Gasteiger partial charge on any atom is -0.497 e. The van der Waals surface area contributed by atoms with Crippen molar-refractivity contribution in [3.8, 4) is 28.4 Å². The minimum absolute atomic E-state index is 0.303. The molecule has 0 amide bonds. The van der Waals surface area contributed by atoms with E-state index in [0.29, 0.717) is 6.79 Å². The first-order valence-corrected chi connectivity index (χ1v) is 11.2. The molecule has 0 saturated carbocycles. The Bertz CT molecular complexity index is 1240. The van der Waals surface area contributed by atoms with Crippen LogP contribution in [0.5, 0.6) is 17.2 Å². The minimum atomic E-state index is 0.303. The highest BCUT2D eigenvalue weighted by Gasteiger charge is 2.16. The highest BCUT2D eigenvalue weighted by molar-refractivity contribution is 5.93. The standard InChI is InChI=1S/C27H27N3O3/c1-31-22-9-6-19(7-10-22)20-8-11-23-24(12-15-30-25(23)16-20)29-14-3-13-28-17-21-4-2-5-26-27(21)33-18-32-26/h2,4-12,15-16,28H,3,13-14,17-18H2,1H3,(H,29,30). The quantitative estimate of drug-likeness (QED) is 0.347. The summed E-state index contributed by atoms with van der Waals surface area (Å²) in [5.41, 5.74) is 5.50. The average Bonchev–Trinajstić information content (AvgIpc) is 3.36. The molecular formula is C27H27N3O3. The molecule has 2 N–H and O–H groups in total. The molecular weight excluding hydrogens is 414 g/mol. The first-order valence-electron chi connectivity index (χ1n) is 11.2. The average molecular weight is 442 g/mol. The van der Waals surface area contributed by atoms with E-state index in [2.05, 4.69) is 52.0 Å². The Morgan fingerprint density at radius 2 is 1.82 bits per heavy atom. The third-order valence-corrected chi connectivity index (χ3v) is 5.81. The first kappa shape index (κ1) is 21.1. The summed E-state index contributed by atoms with van der Waals surface area (Å²) in [5.74, 6) is 2.55. The van der Waals surface area contributed by atoms with Gasteiger partial charge in [-0.25, -0.2) is 0 Å². The lowest BCUT2D eigenvalue weighted by Gasteiger charge is -2.12. The van der Waals surface area contributed by atoms with E-state index in [9.17, 15) is 0 Å². The van der Waals surface area contributed by atoms with Gasteiger partial charge in [0.15, 0.2) is 11.5 Å². The van der Waals surface area contributed by atoms with Crippen molar-refractivity contribution in [2.45, 2.75) is 13.0 Å². The smallest absolute Gasteiger partial charge is 0.231 e. The molecule has 1 aliphatic rings. The van der Waals surface area contributed by atoms with Gasteiger partial charge in [0.25, 0.3) is 0 Å². The fraction of sp³-hybridized carbons (Fsp3) is 0.222. The largest absolute Gasteiger partial charge is 0.497 e. The van der Waals surface area contributed by atoms with Crippen LogP contribution in [0.3, 0.4) is 0 Å². The Balaban J connectivity index is 1.16. The summed E-state index contributed by atoms with van der Waals surface area (Å²) in [6.07, 6.45) is 2.86. The van der Waals surface area contributed by atoms with Crippen LogP contribution in [-0.2, 0) is 6.54 Å². The molecule has 4 aromatic rings. The molecule has 1 aliphatic heterocycles. The summed E-state index contributed by atoms with van der Waals surface area (Å²) in [6.45, 7) is 2.84. The fourth-order valence-electron chi connectivity index (χ4n) is 4.05. The van der Waals surface area contributed by atoms with Crippen molar-refractivity contribution in [3.05, 3.63) is 78.5 Å². The summed E-state index contributed by atoms with van der Waals surface area (Å²) in [6, 6.07) is 22.5. The summed E-state index contributed by atoms with van der Waals surface area (Å²) in [5, 5.41) is 8.18. The Hall–Kier alpha value is -3.77. The second-order valence-corrected chi connectivity index (χ2v) is 7.93. The second-order valence-electron chi connectivity index (χ2n) is 7.93. The predicted octanol–water partition coefficient (Wildman–Crippen LogP) is 5.23. The zero-order chi connectivity index (χ0) is 22.5. The van der Waals surface area contributed by atoms with Gasteiger partial charge in [-0.1, -0.05) is 36.4 Å². The van der Waals surface area contributed by atoms with E-state index < -0.39 is 0 Å². The lowest BCUT2D eigenvalue weighted by molar-refractivity contribution is 0.173. The van der Waals surface area contributed by atoms with Crippen LogP contribution in [0.2, 0.25) is 0 Å². The number of nitrogens with one attached hydrogen (secondary N) is 2. The van der Waals surface area contributed by atoms with Crippen molar-refractivity contribution in [2.24, 2.45) is 0 Å². The van der Waals surface area contributed by atoms with Crippen molar-refractivity contribution in [1.82, 2.24) is 10.3 Å². The molecule has 0 bridgehead atoms. The molecule has 6 heteroatoms. The number of pyridine rings is 1. The lowest BCUT2D eigenvalue weighted by Crippen LogP contribution is -2.18. The van der Waals surface area contributed by atoms with Gasteiger partial charge in [-0.05, 0) is 54.4 Å². The van der Waals surface area contributed by atoms with Crippen molar-refractivity contribution >= 4 is 16.6 Å². The van der Waals surface area contributed by atoms with Crippen molar-refractivity contribution in [2.75, 3.05) is 32.3 Å². The maximum atomic E-state index is 5.57. The number of aromatic nitrogens is 1. The topological polar surface area (TPSA) is 64.6 Å². The molecule has 0 radical (unpaired) electrons. The first-order chi connectivity index (χ1) is 16.3. The maximum Gasteiger partial charge on any atom is 0.231 e. The molecule has 0 spiro atoms. The van der Waals surface area contributed by atoms with Crippen molar-refractivity contribution in [1.29, 1.82) is 0 Å². The molecule has 0 fully saturated rings. The summed E-state index contributed by atoms with van der Waals surface area (Å²) < 4.78 is 16.3. The molecule has 2 heterocycles. The number of rotatable bonds is 9. The third-order valence-electron chi connectivity index (χ3n) is 5.81. The predicted molar refractivity (Wildman–Crippen MR) is 131 cm³/mol. The van der Waals surface area contributed by atoms with Gasteiger partial charge in [-0.3, -0.25) is 4.98 Å². The zero-order valence-electron chi connectivity index (χ0n) is 18.6. The monoisotopic (exact) mass is 441 g/mol. The molecule has 0 atom stereocenters. The molecule has 168 valence electrons. The lowest BCUT2D eigenvalue weighted by atomic mass is 10.0. The molecule has 1 aromatic heterocycles. The Labute approximate surface area is 193 Å². The number of benzene rings is 3. The maximum absolute atomic E-state index is 5.57. The van der Waals surface area contributed by atoms with Gasteiger partial charge in [-0.2, -0.15) is 0 Å². The van der Waals surface area contributed by atoms with Crippen LogP contribution >= 0.6 is 0 Å². The van der Waals surface area contributed by atoms with Gasteiger partial charge < -0.3 is 24.8 Å².